The molecule has 3 rings (SSSR count). The molecule has 1 amide bonds. The van der Waals surface area contributed by atoms with Gasteiger partial charge in [-0.3, -0.25) is 9.59 Å². The Morgan fingerprint density at radius 1 is 1.13 bits per heavy atom. The summed E-state index contributed by atoms with van der Waals surface area (Å²) in [5.41, 5.74) is 2.42. The highest BCUT2D eigenvalue weighted by Gasteiger charge is 2.45. The first-order valence-corrected chi connectivity index (χ1v) is 10.2. The summed E-state index contributed by atoms with van der Waals surface area (Å²) in [7, 11) is 3.82. The van der Waals surface area contributed by atoms with Crippen molar-refractivity contribution < 1.29 is 19.4 Å². The monoisotopic (exact) mass is 420 g/mol. The van der Waals surface area contributed by atoms with Crippen molar-refractivity contribution in [3.63, 3.8) is 0 Å². The molecule has 162 valence electrons. The van der Waals surface area contributed by atoms with Crippen molar-refractivity contribution in [1.29, 1.82) is 0 Å². The average Bonchev–Trinajstić information content (AvgIpc) is 3.01. The highest BCUT2D eigenvalue weighted by Crippen LogP contribution is 2.39. The van der Waals surface area contributed by atoms with Gasteiger partial charge in [0.05, 0.1) is 11.6 Å². The second-order valence-electron chi connectivity index (χ2n) is 7.83. The van der Waals surface area contributed by atoms with Crippen molar-refractivity contribution in [3.8, 4) is 5.75 Å². The standard InChI is InChI=1S/C25H28N2O4/c1-5-16-31-20-12-10-19(11-13-20)23(28)21-22(18-8-6-17(2)7-9-18)27(15-14-26(3)4)25(30)24(21)29/h5-13,22,28H,1,14-16H2,2-4H3/b23-21+/t22-/m1/s1. The largest absolute Gasteiger partial charge is 0.507 e. The van der Waals surface area contributed by atoms with Gasteiger partial charge in [-0.25, -0.2) is 0 Å². The van der Waals surface area contributed by atoms with Crippen molar-refractivity contribution in [2.75, 3.05) is 33.8 Å². The van der Waals surface area contributed by atoms with Gasteiger partial charge in [-0.05, 0) is 50.8 Å². The Labute approximate surface area is 183 Å². The summed E-state index contributed by atoms with van der Waals surface area (Å²) in [5.74, 6) is -0.835. The summed E-state index contributed by atoms with van der Waals surface area (Å²) in [6.07, 6.45) is 1.64. The number of aryl methyl sites for hydroxylation is 1. The Morgan fingerprint density at radius 3 is 2.35 bits per heavy atom. The Hall–Kier alpha value is -3.38. The lowest BCUT2D eigenvalue weighted by molar-refractivity contribution is -0.140. The number of hydrogen-bond acceptors (Lipinski definition) is 5. The van der Waals surface area contributed by atoms with Crippen LogP contribution < -0.4 is 4.74 Å². The lowest BCUT2D eigenvalue weighted by Gasteiger charge is -2.26. The van der Waals surface area contributed by atoms with Gasteiger partial charge in [0.15, 0.2) is 0 Å². The topological polar surface area (TPSA) is 70.1 Å². The van der Waals surface area contributed by atoms with E-state index >= 15 is 0 Å². The number of benzene rings is 2. The number of likely N-dealkylation sites (tertiary alicyclic amines) is 1. The van der Waals surface area contributed by atoms with Gasteiger partial charge in [0.1, 0.15) is 18.1 Å². The molecule has 1 fully saturated rings. The van der Waals surface area contributed by atoms with Crippen LogP contribution in [0.25, 0.3) is 5.76 Å². The minimum absolute atomic E-state index is 0.104. The number of nitrogens with zero attached hydrogens (tertiary/aromatic N) is 2. The highest BCUT2D eigenvalue weighted by molar-refractivity contribution is 6.46. The number of carbonyl (C=O) groups is 2. The zero-order valence-corrected chi connectivity index (χ0v) is 18.2. The number of aliphatic hydroxyl groups excluding tert-OH is 1. The molecule has 1 aliphatic rings. The molecule has 0 radical (unpaired) electrons. The fraction of sp³-hybridized carbons (Fsp3) is 0.280. The lowest BCUT2D eigenvalue weighted by atomic mass is 9.94. The number of rotatable bonds is 8. The molecular formula is C25H28N2O4. The van der Waals surface area contributed by atoms with Gasteiger partial charge in [0.25, 0.3) is 11.7 Å². The molecule has 0 spiro atoms. The summed E-state index contributed by atoms with van der Waals surface area (Å²) in [6, 6.07) is 13.8. The van der Waals surface area contributed by atoms with Crippen molar-refractivity contribution in [2.45, 2.75) is 13.0 Å². The molecule has 6 nitrogen and oxygen atoms in total. The van der Waals surface area contributed by atoms with Gasteiger partial charge in [-0.15, -0.1) is 0 Å². The molecule has 1 atom stereocenters. The van der Waals surface area contributed by atoms with Crippen LogP contribution in [0.4, 0.5) is 0 Å². The van der Waals surface area contributed by atoms with Crippen LogP contribution in [0.15, 0.2) is 66.8 Å². The van der Waals surface area contributed by atoms with E-state index in [2.05, 4.69) is 6.58 Å². The summed E-state index contributed by atoms with van der Waals surface area (Å²) < 4.78 is 5.48. The summed E-state index contributed by atoms with van der Waals surface area (Å²) in [6.45, 7) is 6.94. The summed E-state index contributed by atoms with van der Waals surface area (Å²) >= 11 is 0. The third-order valence-electron chi connectivity index (χ3n) is 5.22. The molecule has 0 aromatic heterocycles. The molecule has 1 N–H and O–H groups in total. The molecule has 0 saturated carbocycles. The number of ketones is 1. The van der Waals surface area contributed by atoms with Crippen molar-refractivity contribution in [1.82, 2.24) is 9.80 Å². The Bertz CT molecular complexity index is 991. The number of likely N-dealkylation sites (N-methyl/N-ethyl adjacent to an activating group) is 1. The van der Waals surface area contributed by atoms with Crippen LogP contribution in [0.5, 0.6) is 5.75 Å². The van der Waals surface area contributed by atoms with Gasteiger partial charge >= 0.3 is 0 Å². The van der Waals surface area contributed by atoms with E-state index in [1.165, 1.54) is 0 Å². The number of carbonyl (C=O) groups excluding carboxylic acids is 2. The second-order valence-corrected chi connectivity index (χ2v) is 7.83. The van der Waals surface area contributed by atoms with Gasteiger partial charge in [-0.2, -0.15) is 0 Å². The predicted octanol–water partition coefficient (Wildman–Crippen LogP) is 3.54. The molecule has 0 unspecified atom stereocenters. The minimum Gasteiger partial charge on any atom is -0.507 e. The minimum atomic E-state index is -0.672. The zero-order chi connectivity index (χ0) is 22.5. The van der Waals surface area contributed by atoms with E-state index in [1.807, 2.05) is 50.2 Å². The number of Topliss-reactive ketones (excluding diaryl/α,β-unsaturated/α-hetero) is 1. The van der Waals surface area contributed by atoms with Gasteiger partial charge in [0.2, 0.25) is 0 Å². The quantitative estimate of drug-likeness (QED) is 0.306. The van der Waals surface area contributed by atoms with Gasteiger partial charge in [-0.1, -0.05) is 42.5 Å². The van der Waals surface area contributed by atoms with Crippen LogP contribution in [0.3, 0.4) is 0 Å². The average molecular weight is 421 g/mol. The van der Waals surface area contributed by atoms with Crippen LogP contribution in [0, 0.1) is 6.92 Å². The molecule has 1 heterocycles. The first-order valence-electron chi connectivity index (χ1n) is 10.2. The number of ether oxygens (including phenoxy) is 1. The number of amides is 1. The molecule has 31 heavy (non-hydrogen) atoms. The molecular weight excluding hydrogens is 392 g/mol. The van der Waals surface area contributed by atoms with E-state index in [1.54, 1.807) is 35.2 Å². The van der Waals surface area contributed by atoms with E-state index in [-0.39, 0.29) is 11.3 Å². The highest BCUT2D eigenvalue weighted by atomic mass is 16.5. The first-order chi connectivity index (χ1) is 14.8. The first kappa shape index (κ1) is 22.3. The Kier molecular flexibility index (Phi) is 6.92. The van der Waals surface area contributed by atoms with Gasteiger partial charge < -0.3 is 19.6 Å². The van der Waals surface area contributed by atoms with Crippen LogP contribution in [-0.4, -0.2) is 60.4 Å². The fourth-order valence-corrected chi connectivity index (χ4v) is 3.53. The molecule has 0 bridgehead atoms. The van der Waals surface area contributed by atoms with Crippen molar-refractivity contribution in [2.24, 2.45) is 0 Å². The number of aliphatic hydroxyl groups is 1. The summed E-state index contributed by atoms with van der Waals surface area (Å²) in [4.78, 5) is 29.3. The maximum absolute atomic E-state index is 13.0. The van der Waals surface area contributed by atoms with E-state index < -0.39 is 17.7 Å². The maximum Gasteiger partial charge on any atom is 0.295 e. The SMILES string of the molecule is C=CCOc1ccc(/C(O)=C2\C(=O)C(=O)N(CCN(C)C)[C@@H]2c2ccc(C)cc2)cc1. The zero-order valence-electron chi connectivity index (χ0n) is 18.2. The van der Waals surface area contributed by atoms with E-state index in [0.29, 0.717) is 31.0 Å². The normalized spacial score (nSPS) is 17.9. The Morgan fingerprint density at radius 2 is 1.77 bits per heavy atom. The molecule has 0 aliphatic carbocycles. The van der Waals surface area contributed by atoms with Crippen molar-refractivity contribution in [3.05, 3.63) is 83.4 Å². The van der Waals surface area contributed by atoms with Crippen LogP contribution in [0.2, 0.25) is 0 Å². The third kappa shape index (κ3) is 4.86. The maximum atomic E-state index is 13.0. The predicted molar refractivity (Wildman–Crippen MR) is 121 cm³/mol. The fourth-order valence-electron chi connectivity index (χ4n) is 3.53. The van der Waals surface area contributed by atoms with Gasteiger partial charge in [0, 0.05) is 18.7 Å². The van der Waals surface area contributed by atoms with Crippen LogP contribution in [0.1, 0.15) is 22.7 Å². The van der Waals surface area contributed by atoms with Crippen LogP contribution in [-0.2, 0) is 9.59 Å². The molecule has 6 heteroatoms. The van der Waals surface area contributed by atoms with E-state index in [0.717, 1.165) is 11.1 Å². The third-order valence-corrected chi connectivity index (χ3v) is 5.22. The molecule has 2 aromatic rings. The number of hydrogen-bond donors (Lipinski definition) is 1. The second kappa shape index (κ2) is 9.62. The molecule has 1 saturated heterocycles. The van der Waals surface area contributed by atoms with E-state index in [4.69, 9.17) is 4.74 Å². The summed E-state index contributed by atoms with van der Waals surface area (Å²) in [5, 5.41) is 11.1. The van der Waals surface area contributed by atoms with E-state index in [9.17, 15) is 14.7 Å². The van der Waals surface area contributed by atoms with Crippen LogP contribution >= 0.6 is 0 Å². The van der Waals surface area contributed by atoms with Crippen molar-refractivity contribution >= 4 is 17.4 Å². The Balaban J connectivity index is 2.05. The molecule has 2 aromatic carbocycles. The molecule has 1 aliphatic heterocycles. The smallest absolute Gasteiger partial charge is 0.295 e. The lowest BCUT2D eigenvalue weighted by Crippen LogP contribution is -2.35.